The SMILES string of the molecule is N#CC1CNCCN1CC(=O)NCC1CCCO1. The zero-order valence-corrected chi connectivity index (χ0v) is 10.5. The summed E-state index contributed by atoms with van der Waals surface area (Å²) in [6.45, 7) is 3.89. The van der Waals surface area contributed by atoms with Crippen molar-refractivity contribution in [1.82, 2.24) is 15.5 Å². The molecule has 100 valence electrons. The highest BCUT2D eigenvalue weighted by Gasteiger charge is 2.24. The van der Waals surface area contributed by atoms with Crippen LogP contribution in [0, 0.1) is 11.3 Å². The molecule has 0 aliphatic carbocycles. The molecule has 2 unspecified atom stereocenters. The van der Waals surface area contributed by atoms with Crippen molar-refractivity contribution in [3.05, 3.63) is 0 Å². The number of nitrogens with zero attached hydrogens (tertiary/aromatic N) is 2. The van der Waals surface area contributed by atoms with Gasteiger partial charge in [0.05, 0.1) is 18.7 Å². The molecular formula is C12H20N4O2. The van der Waals surface area contributed by atoms with Crippen molar-refractivity contribution in [1.29, 1.82) is 5.26 Å². The lowest BCUT2D eigenvalue weighted by Crippen LogP contribution is -2.53. The van der Waals surface area contributed by atoms with E-state index in [1.807, 2.05) is 4.90 Å². The average molecular weight is 252 g/mol. The van der Waals surface area contributed by atoms with Crippen LogP contribution in [-0.2, 0) is 9.53 Å². The van der Waals surface area contributed by atoms with Crippen LogP contribution in [0.25, 0.3) is 0 Å². The molecule has 2 atom stereocenters. The van der Waals surface area contributed by atoms with Crippen molar-refractivity contribution in [3.63, 3.8) is 0 Å². The van der Waals surface area contributed by atoms with Gasteiger partial charge in [0.15, 0.2) is 0 Å². The Morgan fingerprint density at radius 2 is 2.50 bits per heavy atom. The van der Waals surface area contributed by atoms with Gasteiger partial charge in [-0.25, -0.2) is 0 Å². The molecule has 2 aliphatic rings. The van der Waals surface area contributed by atoms with E-state index in [0.29, 0.717) is 19.6 Å². The fourth-order valence-corrected chi connectivity index (χ4v) is 2.34. The highest BCUT2D eigenvalue weighted by Crippen LogP contribution is 2.10. The first-order valence-corrected chi connectivity index (χ1v) is 6.52. The maximum Gasteiger partial charge on any atom is 0.234 e. The Hall–Kier alpha value is -1.16. The maximum atomic E-state index is 11.8. The van der Waals surface area contributed by atoms with Crippen molar-refractivity contribution >= 4 is 5.91 Å². The molecule has 6 heteroatoms. The second-order valence-electron chi connectivity index (χ2n) is 4.76. The summed E-state index contributed by atoms with van der Waals surface area (Å²) in [5, 5.41) is 15.0. The second-order valence-corrected chi connectivity index (χ2v) is 4.76. The number of hydrogen-bond acceptors (Lipinski definition) is 5. The number of hydrogen-bond donors (Lipinski definition) is 2. The van der Waals surface area contributed by atoms with Crippen molar-refractivity contribution in [3.8, 4) is 6.07 Å². The summed E-state index contributed by atoms with van der Waals surface area (Å²) in [5.41, 5.74) is 0. The number of carbonyl (C=O) groups excluding carboxylic acids is 1. The molecular weight excluding hydrogens is 232 g/mol. The van der Waals surface area contributed by atoms with Gasteiger partial charge in [0, 0.05) is 32.8 Å². The highest BCUT2D eigenvalue weighted by molar-refractivity contribution is 5.78. The molecule has 0 bridgehead atoms. The number of nitrogens with one attached hydrogen (secondary N) is 2. The van der Waals surface area contributed by atoms with E-state index in [0.717, 1.165) is 32.5 Å². The van der Waals surface area contributed by atoms with Crippen LogP contribution in [0.5, 0.6) is 0 Å². The van der Waals surface area contributed by atoms with Gasteiger partial charge in [0.2, 0.25) is 5.91 Å². The summed E-state index contributed by atoms with van der Waals surface area (Å²) in [6, 6.07) is 2.01. The first kappa shape index (κ1) is 13.3. The first-order chi connectivity index (χ1) is 8.79. The Morgan fingerprint density at radius 3 is 3.22 bits per heavy atom. The van der Waals surface area contributed by atoms with Gasteiger partial charge in [-0.15, -0.1) is 0 Å². The molecule has 2 fully saturated rings. The van der Waals surface area contributed by atoms with E-state index < -0.39 is 0 Å². The van der Waals surface area contributed by atoms with Gasteiger partial charge in [0.25, 0.3) is 0 Å². The van der Waals surface area contributed by atoms with Crippen molar-refractivity contribution < 1.29 is 9.53 Å². The van der Waals surface area contributed by atoms with Gasteiger partial charge < -0.3 is 15.4 Å². The van der Waals surface area contributed by atoms with Gasteiger partial charge in [0.1, 0.15) is 6.04 Å². The van der Waals surface area contributed by atoms with E-state index in [1.165, 1.54) is 0 Å². The van der Waals surface area contributed by atoms with Crippen LogP contribution in [0.4, 0.5) is 0 Å². The zero-order valence-electron chi connectivity index (χ0n) is 10.5. The lowest BCUT2D eigenvalue weighted by Gasteiger charge is -2.31. The molecule has 0 aromatic heterocycles. The number of ether oxygens (including phenoxy) is 1. The molecule has 0 spiro atoms. The highest BCUT2D eigenvalue weighted by atomic mass is 16.5. The van der Waals surface area contributed by atoms with Crippen LogP contribution in [0.1, 0.15) is 12.8 Å². The monoisotopic (exact) mass is 252 g/mol. The van der Waals surface area contributed by atoms with Crippen LogP contribution in [-0.4, -0.2) is 62.3 Å². The third-order valence-electron chi connectivity index (χ3n) is 3.40. The summed E-state index contributed by atoms with van der Waals surface area (Å²) in [5.74, 6) is -0.0207. The summed E-state index contributed by atoms with van der Waals surface area (Å²) in [6.07, 6.45) is 2.27. The maximum absolute atomic E-state index is 11.8. The predicted molar refractivity (Wildman–Crippen MR) is 65.8 cm³/mol. The van der Waals surface area contributed by atoms with Crippen LogP contribution < -0.4 is 10.6 Å². The molecule has 2 aliphatic heterocycles. The quantitative estimate of drug-likeness (QED) is 0.676. The fraction of sp³-hybridized carbons (Fsp3) is 0.833. The van der Waals surface area contributed by atoms with Crippen LogP contribution in [0.3, 0.4) is 0 Å². The van der Waals surface area contributed by atoms with E-state index >= 15 is 0 Å². The Labute approximate surface area is 107 Å². The van der Waals surface area contributed by atoms with Crippen LogP contribution in [0.15, 0.2) is 0 Å². The van der Waals surface area contributed by atoms with Gasteiger partial charge in [-0.05, 0) is 12.8 Å². The molecule has 2 rings (SSSR count). The van der Waals surface area contributed by atoms with E-state index in [1.54, 1.807) is 0 Å². The standard InChI is InChI=1S/C12H20N4O2/c13-6-10-7-14-3-4-16(10)9-12(17)15-8-11-2-1-5-18-11/h10-11,14H,1-5,7-9H2,(H,15,17). The fourth-order valence-electron chi connectivity index (χ4n) is 2.34. The molecule has 1 amide bonds. The number of rotatable bonds is 4. The minimum Gasteiger partial charge on any atom is -0.376 e. The Bertz CT molecular complexity index is 323. The predicted octanol–water partition coefficient (Wildman–Crippen LogP) is -0.921. The minimum absolute atomic E-state index is 0.0207. The van der Waals surface area contributed by atoms with Gasteiger partial charge >= 0.3 is 0 Å². The van der Waals surface area contributed by atoms with Gasteiger partial charge in [-0.1, -0.05) is 0 Å². The van der Waals surface area contributed by atoms with Crippen molar-refractivity contribution in [2.45, 2.75) is 25.0 Å². The Balaban J connectivity index is 1.70. The molecule has 0 saturated carbocycles. The lowest BCUT2D eigenvalue weighted by atomic mass is 10.2. The molecule has 2 heterocycles. The normalized spacial score (nSPS) is 28.8. The van der Waals surface area contributed by atoms with E-state index in [2.05, 4.69) is 16.7 Å². The summed E-state index contributed by atoms with van der Waals surface area (Å²) in [4.78, 5) is 13.7. The Kier molecular flexibility index (Phi) is 4.93. The third kappa shape index (κ3) is 3.67. The van der Waals surface area contributed by atoms with Crippen LogP contribution in [0.2, 0.25) is 0 Å². The van der Waals surface area contributed by atoms with E-state index in [9.17, 15) is 4.79 Å². The molecule has 2 saturated heterocycles. The number of piperazine rings is 1. The topological polar surface area (TPSA) is 77.4 Å². The molecule has 0 radical (unpaired) electrons. The Morgan fingerprint density at radius 1 is 1.61 bits per heavy atom. The van der Waals surface area contributed by atoms with Crippen molar-refractivity contribution in [2.75, 3.05) is 39.3 Å². The van der Waals surface area contributed by atoms with Gasteiger partial charge in [-0.2, -0.15) is 5.26 Å². The molecule has 0 aromatic carbocycles. The van der Waals surface area contributed by atoms with E-state index in [4.69, 9.17) is 10.00 Å². The van der Waals surface area contributed by atoms with E-state index in [-0.39, 0.29) is 18.1 Å². The first-order valence-electron chi connectivity index (χ1n) is 6.52. The molecule has 2 N–H and O–H groups in total. The smallest absolute Gasteiger partial charge is 0.234 e. The van der Waals surface area contributed by atoms with Crippen LogP contribution >= 0.6 is 0 Å². The molecule has 6 nitrogen and oxygen atoms in total. The number of nitriles is 1. The lowest BCUT2D eigenvalue weighted by molar-refractivity contribution is -0.123. The molecule has 18 heavy (non-hydrogen) atoms. The second kappa shape index (κ2) is 6.69. The number of carbonyl (C=O) groups is 1. The summed E-state index contributed by atoms with van der Waals surface area (Å²) >= 11 is 0. The average Bonchev–Trinajstić information content (AvgIpc) is 2.90. The van der Waals surface area contributed by atoms with Gasteiger partial charge in [-0.3, -0.25) is 9.69 Å². The minimum atomic E-state index is -0.202. The largest absolute Gasteiger partial charge is 0.376 e. The zero-order chi connectivity index (χ0) is 12.8. The van der Waals surface area contributed by atoms with Crippen molar-refractivity contribution in [2.24, 2.45) is 0 Å². The summed E-state index contributed by atoms with van der Waals surface area (Å²) in [7, 11) is 0. The summed E-state index contributed by atoms with van der Waals surface area (Å²) < 4.78 is 5.44. The number of amides is 1. The third-order valence-corrected chi connectivity index (χ3v) is 3.40. The molecule has 0 aromatic rings.